The van der Waals surface area contributed by atoms with E-state index in [0.29, 0.717) is 0 Å². The summed E-state index contributed by atoms with van der Waals surface area (Å²) in [4.78, 5) is 1.01. The molecule has 0 fully saturated rings. The average molecular weight is 195 g/mol. The maximum Gasteiger partial charge on any atom is 0.0305 e. The van der Waals surface area contributed by atoms with Gasteiger partial charge in [0, 0.05) is 10.9 Å². The molecule has 0 aliphatic heterocycles. The van der Waals surface area contributed by atoms with Gasteiger partial charge in [-0.3, -0.25) is 0 Å². The van der Waals surface area contributed by atoms with E-state index >= 15 is 0 Å². The van der Waals surface area contributed by atoms with Crippen LogP contribution in [-0.4, -0.2) is 0 Å². The summed E-state index contributed by atoms with van der Waals surface area (Å²) in [7, 11) is 0. The van der Waals surface area contributed by atoms with Gasteiger partial charge in [0.1, 0.15) is 0 Å². The third-order valence-corrected chi connectivity index (χ3v) is 2.61. The van der Waals surface area contributed by atoms with Crippen molar-refractivity contribution in [2.24, 2.45) is 5.73 Å². The lowest BCUT2D eigenvalue weighted by atomic mass is 10.0. The van der Waals surface area contributed by atoms with Crippen molar-refractivity contribution in [2.45, 2.75) is 37.1 Å². The second kappa shape index (κ2) is 5.30. The Labute approximate surface area is 85.8 Å². The molecule has 1 atom stereocenters. The zero-order valence-electron chi connectivity index (χ0n) is 8.03. The van der Waals surface area contributed by atoms with Crippen LogP contribution in [0, 0.1) is 0 Å². The van der Waals surface area contributed by atoms with Crippen molar-refractivity contribution in [3.05, 3.63) is 29.8 Å². The van der Waals surface area contributed by atoms with Crippen molar-refractivity contribution in [1.82, 2.24) is 0 Å². The molecule has 0 spiro atoms. The topological polar surface area (TPSA) is 26.0 Å². The van der Waals surface area contributed by atoms with E-state index < -0.39 is 0 Å². The molecule has 0 aromatic heterocycles. The van der Waals surface area contributed by atoms with E-state index in [1.54, 1.807) is 0 Å². The highest BCUT2D eigenvalue weighted by atomic mass is 32.1. The van der Waals surface area contributed by atoms with E-state index in [2.05, 4.69) is 25.6 Å². The predicted molar refractivity (Wildman–Crippen MR) is 60.1 cm³/mol. The Morgan fingerprint density at radius 3 is 2.69 bits per heavy atom. The highest BCUT2D eigenvalue weighted by molar-refractivity contribution is 7.80. The standard InChI is InChI=1S/C11H17NS/c1-2-3-7-10(12)9-6-4-5-8-11(9)13/h4-6,8,10,13H,2-3,7,12H2,1H3/t10-/m0/s1. The molecule has 0 aliphatic carbocycles. The molecule has 1 rings (SSSR count). The van der Waals surface area contributed by atoms with Crippen molar-refractivity contribution in [3.8, 4) is 0 Å². The first-order chi connectivity index (χ1) is 6.25. The van der Waals surface area contributed by atoms with Crippen LogP contribution in [0.2, 0.25) is 0 Å². The number of nitrogens with two attached hydrogens (primary N) is 1. The van der Waals surface area contributed by atoms with Crippen molar-refractivity contribution in [1.29, 1.82) is 0 Å². The molecule has 0 unspecified atom stereocenters. The first kappa shape index (κ1) is 10.6. The summed E-state index contributed by atoms with van der Waals surface area (Å²) in [6.45, 7) is 2.18. The van der Waals surface area contributed by atoms with Crippen molar-refractivity contribution >= 4 is 12.6 Å². The molecule has 1 nitrogen and oxygen atoms in total. The zero-order valence-corrected chi connectivity index (χ0v) is 8.93. The van der Waals surface area contributed by atoms with E-state index in [1.165, 1.54) is 18.4 Å². The van der Waals surface area contributed by atoms with Crippen LogP contribution >= 0.6 is 12.6 Å². The van der Waals surface area contributed by atoms with Gasteiger partial charge in [-0.2, -0.15) is 0 Å². The Bertz CT molecular complexity index is 260. The molecule has 2 heteroatoms. The fourth-order valence-corrected chi connectivity index (χ4v) is 1.71. The van der Waals surface area contributed by atoms with Crippen molar-refractivity contribution in [3.63, 3.8) is 0 Å². The monoisotopic (exact) mass is 195 g/mol. The summed E-state index contributed by atoms with van der Waals surface area (Å²) in [5, 5.41) is 0. The van der Waals surface area contributed by atoms with Gasteiger partial charge in [0.25, 0.3) is 0 Å². The van der Waals surface area contributed by atoms with Crippen LogP contribution < -0.4 is 5.73 Å². The molecule has 0 radical (unpaired) electrons. The molecule has 72 valence electrons. The molecule has 0 saturated carbocycles. The van der Waals surface area contributed by atoms with Gasteiger partial charge in [0.2, 0.25) is 0 Å². The summed E-state index contributed by atoms with van der Waals surface area (Å²) in [5.41, 5.74) is 7.20. The second-order valence-corrected chi connectivity index (χ2v) is 3.79. The lowest BCUT2D eigenvalue weighted by molar-refractivity contribution is 0.596. The average Bonchev–Trinajstić information content (AvgIpc) is 2.15. The van der Waals surface area contributed by atoms with Crippen LogP contribution in [0.1, 0.15) is 37.8 Å². The number of thiol groups is 1. The fraction of sp³-hybridized carbons (Fsp3) is 0.455. The molecule has 0 aliphatic rings. The lowest BCUT2D eigenvalue weighted by Gasteiger charge is -2.13. The SMILES string of the molecule is CCCC[C@H](N)c1ccccc1S. The predicted octanol–water partition coefficient (Wildman–Crippen LogP) is 3.17. The number of unbranched alkanes of at least 4 members (excludes halogenated alkanes) is 1. The highest BCUT2D eigenvalue weighted by Gasteiger charge is 2.07. The van der Waals surface area contributed by atoms with Gasteiger partial charge in [0.15, 0.2) is 0 Å². The van der Waals surface area contributed by atoms with Gasteiger partial charge in [-0.1, -0.05) is 38.0 Å². The minimum absolute atomic E-state index is 0.147. The fourth-order valence-electron chi connectivity index (χ4n) is 1.38. The summed E-state index contributed by atoms with van der Waals surface area (Å²) >= 11 is 4.38. The van der Waals surface area contributed by atoms with Gasteiger partial charge >= 0.3 is 0 Å². The minimum Gasteiger partial charge on any atom is -0.324 e. The van der Waals surface area contributed by atoms with E-state index in [9.17, 15) is 0 Å². The lowest BCUT2D eigenvalue weighted by Crippen LogP contribution is -2.10. The molecule has 1 aromatic rings. The molecular weight excluding hydrogens is 178 g/mol. The van der Waals surface area contributed by atoms with Crippen molar-refractivity contribution in [2.75, 3.05) is 0 Å². The Morgan fingerprint density at radius 2 is 2.08 bits per heavy atom. The molecule has 0 amide bonds. The smallest absolute Gasteiger partial charge is 0.0305 e. The molecular formula is C11H17NS. The second-order valence-electron chi connectivity index (χ2n) is 3.31. The van der Waals surface area contributed by atoms with Gasteiger partial charge in [-0.05, 0) is 18.1 Å². The molecule has 1 aromatic carbocycles. The quantitative estimate of drug-likeness (QED) is 0.709. The van der Waals surface area contributed by atoms with Crippen LogP contribution in [0.5, 0.6) is 0 Å². The molecule has 0 bridgehead atoms. The summed E-state index contributed by atoms with van der Waals surface area (Å²) in [5.74, 6) is 0. The Balaban J connectivity index is 2.65. The van der Waals surface area contributed by atoms with Crippen molar-refractivity contribution < 1.29 is 0 Å². The van der Waals surface area contributed by atoms with E-state index in [-0.39, 0.29) is 6.04 Å². The van der Waals surface area contributed by atoms with E-state index in [0.717, 1.165) is 11.3 Å². The van der Waals surface area contributed by atoms with Crippen LogP contribution in [-0.2, 0) is 0 Å². The van der Waals surface area contributed by atoms with Gasteiger partial charge in [0.05, 0.1) is 0 Å². The van der Waals surface area contributed by atoms with E-state index in [1.807, 2.05) is 18.2 Å². The Kier molecular flexibility index (Phi) is 4.33. The van der Waals surface area contributed by atoms with Crippen LogP contribution in [0.4, 0.5) is 0 Å². The van der Waals surface area contributed by atoms with E-state index in [4.69, 9.17) is 5.73 Å². The van der Waals surface area contributed by atoms with Crippen LogP contribution in [0.25, 0.3) is 0 Å². The summed E-state index contributed by atoms with van der Waals surface area (Å²) < 4.78 is 0. The zero-order chi connectivity index (χ0) is 9.68. The molecule has 0 heterocycles. The molecule has 2 N–H and O–H groups in total. The first-order valence-electron chi connectivity index (χ1n) is 4.79. The summed E-state index contributed by atoms with van der Waals surface area (Å²) in [6, 6.07) is 8.19. The number of hydrogen-bond donors (Lipinski definition) is 2. The summed E-state index contributed by atoms with van der Waals surface area (Å²) in [6.07, 6.45) is 3.43. The normalized spacial score (nSPS) is 12.8. The minimum atomic E-state index is 0.147. The first-order valence-corrected chi connectivity index (χ1v) is 5.24. The van der Waals surface area contributed by atoms with Gasteiger partial charge in [-0.25, -0.2) is 0 Å². The Hall–Kier alpha value is -0.470. The Morgan fingerprint density at radius 1 is 1.38 bits per heavy atom. The molecule has 13 heavy (non-hydrogen) atoms. The van der Waals surface area contributed by atoms with Gasteiger partial charge in [-0.15, -0.1) is 12.6 Å². The van der Waals surface area contributed by atoms with Crippen LogP contribution in [0.3, 0.4) is 0 Å². The van der Waals surface area contributed by atoms with Gasteiger partial charge < -0.3 is 5.73 Å². The maximum atomic E-state index is 6.03. The maximum absolute atomic E-state index is 6.03. The largest absolute Gasteiger partial charge is 0.324 e. The number of rotatable bonds is 4. The van der Waals surface area contributed by atoms with Crippen LogP contribution in [0.15, 0.2) is 29.2 Å². The third kappa shape index (κ3) is 3.05. The number of hydrogen-bond acceptors (Lipinski definition) is 2. The highest BCUT2D eigenvalue weighted by Crippen LogP contribution is 2.22. The third-order valence-electron chi connectivity index (χ3n) is 2.20. The number of benzene rings is 1. The molecule has 0 saturated heterocycles.